The van der Waals surface area contributed by atoms with Gasteiger partial charge in [0, 0.05) is 13.2 Å². The molecule has 100 valence electrons. The van der Waals surface area contributed by atoms with Crippen molar-refractivity contribution >= 4 is 17.7 Å². The third kappa shape index (κ3) is 4.02. The molecule has 0 fully saturated rings. The third-order valence-electron chi connectivity index (χ3n) is 2.00. The smallest absolute Gasteiger partial charge is 0.322 e. The topological polar surface area (TPSA) is 85.7 Å². The first-order valence-corrected chi connectivity index (χ1v) is 6.64. The van der Waals surface area contributed by atoms with Gasteiger partial charge < -0.3 is 10.1 Å². The van der Waals surface area contributed by atoms with Crippen LogP contribution in [-0.4, -0.2) is 38.6 Å². The van der Waals surface area contributed by atoms with E-state index in [1.165, 1.54) is 18.1 Å². The first-order valence-electron chi connectivity index (χ1n) is 5.82. The summed E-state index contributed by atoms with van der Waals surface area (Å²) in [5.41, 5.74) is 0. The quantitative estimate of drug-likeness (QED) is 0.798. The molecule has 1 N–H and O–H groups in total. The summed E-state index contributed by atoms with van der Waals surface area (Å²) in [6.07, 6.45) is 4.05. The molecule has 0 bridgehead atoms. The SMILES string of the molecule is CCCOc1nc(NC)nc(Sc2ccncn2)n1. The van der Waals surface area contributed by atoms with E-state index in [0.29, 0.717) is 23.7 Å². The molecular weight excluding hydrogens is 264 g/mol. The molecular formula is C11H14N6OS. The summed E-state index contributed by atoms with van der Waals surface area (Å²) in [4.78, 5) is 20.6. The van der Waals surface area contributed by atoms with Gasteiger partial charge in [-0.3, -0.25) is 0 Å². The Morgan fingerprint density at radius 3 is 2.89 bits per heavy atom. The fourth-order valence-electron chi connectivity index (χ4n) is 1.19. The molecule has 0 saturated heterocycles. The number of hydrogen-bond acceptors (Lipinski definition) is 8. The highest BCUT2D eigenvalue weighted by Crippen LogP contribution is 2.23. The van der Waals surface area contributed by atoms with Crippen LogP contribution in [0.2, 0.25) is 0 Å². The minimum atomic E-state index is 0.317. The molecule has 8 heteroatoms. The fourth-order valence-corrected chi connectivity index (χ4v) is 1.86. The van der Waals surface area contributed by atoms with Crippen molar-refractivity contribution < 1.29 is 4.74 Å². The molecule has 0 aliphatic carbocycles. The summed E-state index contributed by atoms with van der Waals surface area (Å²) in [6.45, 7) is 2.60. The maximum Gasteiger partial charge on any atom is 0.322 e. The lowest BCUT2D eigenvalue weighted by Gasteiger charge is -2.06. The predicted octanol–water partition coefficient (Wildman–Crippen LogP) is 1.64. The molecule has 2 aromatic rings. The number of anilines is 1. The lowest BCUT2D eigenvalue weighted by atomic mass is 10.5. The van der Waals surface area contributed by atoms with Crippen LogP contribution in [0.3, 0.4) is 0 Å². The van der Waals surface area contributed by atoms with Crippen LogP contribution in [0, 0.1) is 0 Å². The number of nitrogens with zero attached hydrogens (tertiary/aromatic N) is 5. The molecule has 2 aromatic heterocycles. The highest BCUT2D eigenvalue weighted by molar-refractivity contribution is 7.99. The van der Waals surface area contributed by atoms with E-state index in [9.17, 15) is 0 Å². The number of rotatable bonds is 6. The van der Waals surface area contributed by atoms with Gasteiger partial charge in [-0.05, 0) is 24.2 Å². The molecule has 7 nitrogen and oxygen atoms in total. The Morgan fingerprint density at radius 1 is 1.32 bits per heavy atom. The van der Waals surface area contributed by atoms with E-state index in [1.807, 2.05) is 6.92 Å². The van der Waals surface area contributed by atoms with Crippen LogP contribution >= 0.6 is 11.8 Å². The van der Waals surface area contributed by atoms with E-state index in [1.54, 1.807) is 19.3 Å². The van der Waals surface area contributed by atoms with E-state index in [2.05, 4.69) is 30.2 Å². The summed E-state index contributed by atoms with van der Waals surface area (Å²) >= 11 is 1.33. The summed E-state index contributed by atoms with van der Waals surface area (Å²) in [5, 5.41) is 4.18. The Morgan fingerprint density at radius 2 is 2.21 bits per heavy atom. The summed E-state index contributed by atoms with van der Waals surface area (Å²) in [5.74, 6) is 0.470. The molecule has 0 saturated carbocycles. The lowest BCUT2D eigenvalue weighted by molar-refractivity contribution is 0.288. The molecule has 2 heterocycles. The fraction of sp³-hybridized carbons (Fsp3) is 0.364. The van der Waals surface area contributed by atoms with Crippen LogP contribution in [-0.2, 0) is 0 Å². The van der Waals surface area contributed by atoms with Gasteiger partial charge in [-0.25, -0.2) is 9.97 Å². The minimum Gasteiger partial charge on any atom is -0.463 e. The molecule has 0 spiro atoms. The van der Waals surface area contributed by atoms with Crippen molar-refractivity contribution in [2.45, 2.75) is 23.5 Å². The number of ether oxygens (including phenoxy) is 1. The lowest BCUT2D eigenvalue weighted by Crippen LogP contribution is -2.05. The molecule has 0 aromatic carbocycles. The second kappa shape index (κ2) is 6.83. The zero-order chi connectivity index (χ0) is 13.5. The van der Waals surface area contributed by atoms with Crippen molar-refractivity contribution in [3.63, 3.8) is 0 Å². The van der Waals surface area contributed by atoms with Gasteiger partial charge in [0.05, 0.1) is 6.61 Å². The molecule has 0 radical (unpaired) electrons. The predicted molar refractivity (Wildman–Crippen MR) is 71.3 cm³/mol. The van der Waals surface area contributed by atoms with Crippen LogP contribution in [0.4, 0.5) is 5.95 Å². The zero-order valence-electron chi connectivity index (χ0n) is 10.7. The van der Waals surface area contributed by atoms with Crippen molar-refractivity contribution in [2.24, 2.45) is 0 Å². The Balaban J connectivity index is 2.19. The molecule has 0 amide bonds. The van der Waals surface area contributed by atoms with Crippen molar-refractivity contribution in [3.8, 4) is 6.01 Å². The van der Waals surface area contributed by atoms with E-state index < -0.39 is 0 Å². The van der Waals surface area contributed by atoms with Crippen LogP contribution in [0.5, 0.6) is 6.01 Å². The van der Waals surface area contributed by atoms with E-state index in [4.69, 9.17) is 4.74 Å². The Hall–Kier alpha value is -1.96. The highest BCUT2D eigenvalue weighted by Gasteiger charge is 2.08. The zero-order valence-corrected chi connectivity index (χ0v) is 11.5. The highest BCUT2D eigenvalue weighted by atomic mass is 32.2. The van der Waals surface area contributed by atoms with Crippen molar-refractivity contribution in [2.75, 3.05) is 19.0 Å². The molecule has 0 atom stereocenters. The van der Waals surface area contributed by atoms with Gasteiger partial charge in [0.15, 0.2) is 0 Å². The summed E-state index contributed by atoms with van der Waals surface area (Å²) in [7, 11) is 1.75. The van der Waals surface area contributed by atoms with Crippen LogP contribution in [0.15, 0.2) is 28.8 Å². The van der Waals surface area contributed by atoms with Crippen molar-refractivity contribution in [1.82, 2.24) is 24.9 Å². The maximum atomic E-state index is 5.43. The van der Waals surface area contributed by atoms with Gasteiger partial charge in [0.2, 0.25) is 11.1 Å². The van der Waals surface area contributed by atoms with E-state index in [-0.39, 0.29) is 0 Å². The second-order valence-corrected chi connectivity index (χ2v) is 4.46. The Kier molecular flexibility index (Phi) is 4.85. The molecule has 19 heavy (non-hydrogen) atoms. The second-order valence-electron chi connectivity index (χ2n) is 3.47. The van der Waals surface area contributed by atoms with Crippen LogP contribution in [0.25, 0.3) is 0 Å². The normalized spacial score (nSPS) is 10.2. The van der Waals surface area contributed by atoms with Gasteiger partial charge in [0.25, 0.3) is 0 Å². The Bertz CT molecular complexity index is 524. The number of hydrogen-bond donors (Lipinski definition) is 1. The first kappa shape index (κ1) is 13.5. The van der Waals surface area contributed by atoms with Gasteiger partial charge in [-0.15, -0.1) is 0 Å². The summed E-state index contributed by atoms with van der Waals surface area (Å²) < 4.78 is 5.43. The standard InChI is InChI=1S/C11H14N6OS/c1-3-6-18-10-15-9(12-2)16-11(17-10)19-8-4-5-13-7-14-8/h4-5,7H,3,6H2,1-2H3,(H,12,15,16,17). The minimum absolute atomic E-state index is 0.317. The van der Waals surface area contributed by atoms with Gasteiger partial charge in [-0.1, -0.05) is 6.92 Å². The van der Waals surface area contributed by atoms with Crippen LogP contribution in [0.1, 0.15) is 13.3 Å². The van der Waals surface area contributed by atoms with Gasteiger partial charge in [-0.2, -0.15) is 15.0 Å². The monoisotopic (exact) mass is 278 g/mol. The molecule has 0 aliphatic rings. The number of nitrogens with one attached hydrogen (secondary N) is 1. The van der Waals surface area contributed by atoms with E-state index in [0.717, 1.165) is 11.4 Å². The molecule has 0 aliphatic heterocycles. The third-order valence-corrected chi connectivity index (χ3v) is 2.82. The Labute approximate surface area is 115 Å². The molecule has 2 rings (SSSR count). The van der Waals surface area contributed by atoms with E-state index >= 15 is 0 Å². The maximum absolute atomic E-state index is 5.43. The average Bonchev–Trinajstić information content (AvgIpc) is 2.46. The van der Waals surface area contributed by atoms with Gasteiger partial charge in [0.1, 0.15) is 11.4 Å². The molecule has 0 unspecified atom stereocenters. The largest absolute Gasteiger partial charge is 0.463 e. The van der Waals surface area contributed by atoms with Crippen molar-refractivity contribution in [3.05, 3.63) is 18.6 Å². The van der Waals surface area contributed by atoms with Gasteiger partial charge >= 0.3 is 6.01 Å². The number of aromatic nitrogens is 5. The average molecular weight is 278 g/mol. The van der Waals surface area contributed by atoms with Crippen molar-refractivity contribution in [1.29, 1.82) is 0 Å². The first-order chi connectivity index (χ1) is 9.31. The summed E-state index contributed by atoms with van der Waals surface area (Å²) in [6, 6.07) is 2.11. The van der Waals surface area contributed by atoms with Crippen LogP contribution < -0.4 is 10.1 Å².